The maximum Gasteiger partial charge on any atom is 0.236 e. The highest BCUT2D eigenvalue weighted by Crippen LogP contribution is 2.22. The third kappa shape index (κ3) is 5.02. The maximum absolute atomic E-state index is 12.0. The van der Waals surface area contributed by atoms with E-state index in [4.69, 9.17) is 10.5 Å². The van der Waals surface area contributed by atoms with Crippen LogP contribution < -0.4 is 10.5 Å². The van der Waals surface area contributed by atoms with Gasteiger partial charge in [-0.15, -0.1) is 0 Å². The minimum Gasteiger partial charge on any atom is -0.497 e. The topological polar surface area (TPSA) is 58.8 Å². The van der Waals surface area contributed by atoms with Crippen LogP contribution in [0.2, 0.25) is 0 Å². The number of hydrogen-bond donors (Lipinski definition) is 1. The lowest BCUT2D eigenvalue weighted by Crippen LogP contribution is -2.41. The summed E-state index contributed by atoms with van der Waals surface area (Å²) in [6.45, 7) is 3.81. The van der Waals surface area contributed by atoms with E-state index in [0.29, 0.717) is 13.1 Å². The zero-order chi connectivity index (χ0) is 15.8. The molecule has 118 valence electrons. The summed E-state index contributed by atoms with van der Waals surface area (Å²) >= 11 is 0. The van der Waals surface area contributed by atoms with Crippen molar-refractivity contribution < 1.29 is 9.53 Å². The molecule has 0 spiro atoms. The monoisotopic (exact) mass is 293 g/mol. The summed E-state index contributed by atoms with van der Waals surface area (Å²) < 4.78 is 5.18. The molecule has 0 heterocycles. The minimum atomic E-state index is 0.0414. The number of likely N-dealkylation sites (N-methyl/N-ethyl adjacent to an activating group) is 1. The predicted octanol–water partition coefficient (Wildman–Crippen LogP) is 1.50. The van der Waals surface area contributed by atoms with Crippen LogP contribution in [0.4, 0.5) is 0 Å². The van der Waals surface area contributed by atoms with E-state index < -0.39 is 0 Å². The van der Waals surface area contributed by atoms with Crippen molar-refractivity contribution in [1.29, 1.82) is 0 Å². The van der Waals surface area contributed by atoms with E-state index in [0.717, 1.165) is 24.3 Å². The molecule has 1 aromatic carbocycles. The Hall–Kier alpha value is -1.59. The third-order valence-electron chi connectivity index (χ3n) is 3.51. The molecular weight excluding hydrogens is 266 g/mol. The van der Waals surface area contributed by atoms with Crippen LogP contribution in [0.15, 0.2) is 24.3 Å². The van der Waals surface area contributed by atoms with Crippen LogP contribution in [-0.4, -0.2) is 56.5 Å². The second kappa shape index (κ2) is 8.64. The molecule has 0 aliphatic heterocycles. The fourth-order valence-corrected chi connectivity index (χ4v) is 2.27. The van der Waals surface area contributed by atoms with Crippen molar-refractivity contribution in [3.8, 4) is 5.75 Å². The number of amides is 1. The number of ether oxygens (including phenoxy) is 1. The SMILES string of the molecule is CCCN(CC(=O)N(C)C)C(CN)c1ccc(OC)cc1. The Balaban J connectivity index is 2.91. The van der Waals surface area contributed by atoms with Gasteiger partial charge in [-0.05, 0) is 30.7 Å². The van der Waals surface area contributed by atoms with E-state index >= 15 is 0 Å². The summed E-state index contributed by atoms with van der Waals surface area (Å²) in [4.78, 5) is 15.8. The standard InChI is InChI=1S/C16H27N3O2/c1-5-10-19(12-16(20)18(2)3)15(11-17)13-6-8-14(21-4)9-7-13/h6-9,15H,5,10-12,17H2,1-4H3. The highest BCUT2D eigenvalue weighted by atomic mass is 16.5. The van der Waals surface area contributed by atoms with Gasteiger partial charge in [0, 0.05) is 26.7 Å². The normalized spacial score (nSPS) is 12.3. The quantitative estimate of drug-likeness (QED) is 0.789. The first-order chi connectivity index (χ1) is 10.0. The van der Waals surface area contributed by atoms with Gasteiger partial charge in [0.15, 0.2) is 0 Å². The molecule has 1 aromatic rings. The van der Waals surface area contributed by atoms with Gasteiger partial charge in [-0.3, -0.25) is 9.69 Å². The summed E-state index contributed by atoms with van der Waals surface area (Å²) in [6.07, 6.45) is 0.980. The Bertz CT molecular complexity index is 432. The van der Waals surface area contributed by atoms with E-state index in [2.05, 4.69) is 11.8 Å². The van der Waals surface area contributed by atoms with Crippen LogP contribution in [0.1, 0.15) is 24.9 Å². The summed E-state index contributed by atoms with van der Waals surface area (Å²) in [5.41, 5.74) is 7.07. The van der Waals surface area contributed by atoms with Crippen molar-refractivity contribution in [3.05, 3.63) is 29.8 Å². The smallest absolute Gasteiger partial charge is 0.236 e. The van der Waals surface area contributed by atoms with Gasteiger partial charge >= 0.3 is 0 Å². The number of methoxy groups -OCH3 is 1. The molecule has 5 nitrogen and oxygen atoms in total. The molecule has 1 amide bonds. The molecule has 1 unspecified atom stereocenters. The van der Waals surface area contributed by atoms with Gasteiger partial charge in [-0.2, -0.15) is 0 Å². The van der Waals surface area contributed by atoms with Crippen LogP contribution in [0.5, 0.6) is 5.75 Å². The lowest BCUT2D eigenvalue weighted by Gasteiger charge is -2.31. The summed E-state index contributed by atoms with van der Waals surface area (Å²) in [6, 6.07) is 7.92. The van der Waals surface area contributed by atoms with E-state index in [-0.39, 0.29) is 11.9 Å². The van der Waals surface area contributed by atoms with Gasteiger partial charge in [-0.25, -0.2) is 0 Å². The molecule has 0 aromatic heterocycles. The highest BCUT2D eigenvalue weighted by molar-refractivity contribution is 5.77. The summed E-state index contributed by atoms with van der Waals surface area (Å²) in [5, 5.41) is 0. The molecule has 0 radical (unpaired) electrons. The molecular formula is C16H27N3O2. The third-order valence-corrected chi connectivity index (χ3v) is 3.51. The number of carbonyl (C=O) groups is 1. The first kappa shape index (κ1) is 17.5. The fourth-order valence-electron chi connectivity index (χ4n) is 2.27. The molecule has 1 rings (SSSR count). The number of hydrogen-bond acceptors (Lipinski definition) is 4. The van der Waals surface area contributed by atoms with Crippen LogP contribution in [0.3, 0.4) is 0 Å². The molecule has 1 atom stereocenters. The Morgan fingerprint density at radius 2 is 1.90 bits per heavy atom. The second-order valence-electron chi connectivity index (χ2n) is 5.28. The van der Waals surface area contributed by atoms with E-state index in [1.165, 1.54) is 0 Å². The van der Waals surface area contributed by atoms with Crippen LogP contribution in [-0.2, 0) is 4.79 Å². The van der Waals surface area contributed by atoms with Crippen LogP contribution in [0, 0.1) is 0 Å². The Kier molecular flexibility index (Phi) is 7.19. The maximum atomic E-state index is 12.0. The van der Waals surface area contributed by atoms with Gasteiger partial charge in [0.05, 0.1) is 13.7 Å². The minimum absolute atomic E-state index is 0.0414. The second-order valence-corrected chi connectivity index (χ2v) is 5.28. The number of nitrogens with zero attached hydrogens (tertiary/aromatic N) is 2. The molecule has 5 heteroatoms. The van der Waals surface area contributed by atoms with Crippen molar-refractivity contribution in [1.82, 2.24) is 9.80 Å². The van der Waals surface area contributed by atoms with E-state index in [9.17, 15) is 4.79 Å². The van der Waals surface area contributed by atoms with Crippen molar-refractivity contribution in [2.45, 2.75) is 19.4 Å². The van der Waals surface area contributed by atoms with Crippen LogP contribution >= 0.6 is 0 Å². The van der Waals surface area contributed by atoms with Crippen molar-refractivity contribution in [3.63, 3.8) is 0 Å². The zero-order valence-corrected chi connectivity index (χ0v) is 13.5. The molecule has 0 saturated carbocycles. The number of nitrogens with two attached hydrogens (primary N) is 1. The number of benzene rings is 1. The van der Waals surface area contributed by atoms with E-state index in [1.807, 2.05) is 24.3 Å². The molecule has 0 saturated heterocycles. The zero-order valence-electron chi connectivity index (χ0n) is 13.5. The average Bonchev–Trinajstić information content (AvgIpc) is 2.48. The van der Waals surface area contributed by atoms with Crippen molar-refractivity contribution >= 4 is 5.91 Å². The molecule has 0 bridgehead atoms. The largest absolute Gasteiger partial charge is 0.497 e. The highest BCUT2D eigenvalue weighted by Gasteiger charge is 2.21. The van der Waals surface area contributed by atoms with Gasteiger partial charge in [0.1, 0.15) is 5.75 Å². The number of carbonyl (C=O) groups excluding carboxylic acids is 1. The van der Waals surface area contributed by atoms with Crippen molar-refractivity contribution in [2.75, 3.05) is 40.8 Å². The predicted molar refractivity (Wildman–Crippen MR) is 85.3 cm³/mol. The average molecular weight is 293 g/mol. The lowest BCUT2D eigenvalue weighted by atomic mass is 10.0. The number of rotatable bonds is 8. The first-order valence-corrected chi connectivity index (χ1v) is 7.31. The molecule has 21 heavy (non-hydrogen) atoms. The summed E-state index contributed by atoms with van der Waals surface area (Å²) in [5.74, 6) is 0.913. The molecule has 2 N–H and O–H groups in total. The van der Waals surface area contributed by atoms with Gasteiger partial charge < -0.3 is 15.4 Å². The Morgan fingerprint density at radius 3 is 2.33 bits per heavy atom. The van der Waals surface area contributed by atoms with Crippen molar-refractivity contribution in [2.24, 2.45) is 5.73 Å². The van der Waals surface area contributed by atoms with Gasteiger partial charge in [0.25, 0.3) is 0 Å². The first-order valence-electron chi connectivity index (χ1n) is 7.31. The van der Waals surface area contributed by atoms with Crippen LogP contribution in [0.25, 0.3) is 0 Å². The Morgan fingerprint density at radius 1 is 1.29 bits per heavy atom. The van der Waals surface area contributed by atoms with Gasteiger partial charge in [0.2, 0.25) is 5.91 Å². The Labute approximate surface area is 127 Å². The molecule has 0 aliphatic rings. The fraction of sp³-hybridized carbons (Fsp3) is 0.562. The molecule has 0 aliphatic carbocycles. The molecule has 0 fully saturated rings. The lowest BCUT2D eigenvalue weighted by molar-refractivity contribution is -0.130. The van der Waals surface area contributed by atoms with Gasteiger partial charge in [-0.1, -0.05) is 19.1 Å². The van der Waals surface area contributed by atoms with E-state index in [1.54, 1.807) is 26.1 Å². The summed E-state index contributed by atoms with van der Waals surface area (Å²) in [7, 11) is 5.20.